The lowest BCUT2D eigenvalue weighted by Gasteiger charge is -2.18. The molecule has 2 rings (SSSR count). The Labute approximate surface area is 124 Å². The van der Waals surface area contributed by atoms with Crippen LogP contribution < -0.4 is 4.74 Å². The van der Waals surface area contributed by atoms with E-state index in [9.17, 15) is 18.3 Å². The van der Waals surface area contributed by atoms with Crippen LogP contribution in [0.4, 0.5) is 0 Å². The van der Waals surface area contributed by atoms with Gasteiger partial charge in [0.25, 0.3) is 0 Å². The third kappa shape index (κ3) is 4.20. The van der Waals surface area contributed by atoms with E-state index < -0.39 is 21.7 Å². The van der Waals surface area contributed by atoms with Crippen molar-refractivity contribution in [1.82, 2.24) is 0 Å². The number of rotatable bonds is 6. The molecular formula is C15H20O5S. The molecule has 0 radical (unpaired) electrons. The summed E-state index contributed by atoms with van der Waals surface area (Å²) < 4.78 is 28.1. The molecule has 0 amide bonds. The molecule has 2 atom stereocenters. The van der Waals surface area contributed by atoms with Crippen molar-refractivity contribution in [2.75, 3.05) is 18.6 Å². The minimum atomic E-state index is -3.05. The third-order valence-corrected chi connectivity index (χ3v) is 5.85. The van der Waals surface area contributed by atoms with E-state index in [-0.39, 0.29) is 17.4 Å². The van der Waals surface area contributed by atoms with E-state index in [1.165, 1.54) is 0 Å². The van der Waals surface area contributed by atoms with Crippen molar-refractivity contribution in [2.45, 2.75) is 19.3 Å². The van der Waals surface area contributed by atoms with Gasteiger partial charge in [-0.2, -0.15) is 0 Å². The lowest BCUT2D eigenvalue weighted by Crippen LogP contribution is -2.25. The molecule has 2 unspecified atom stereocenters. The maximum Gasteiger partial charge on any atom is 0.306 e. The average Bonchev–Trinajstić information content (AvgIpc) is 2.79. The van der Waals surface area contributed by atoms with Crippen molar-refractivity contribution in [1.29, 1.82) is 0 Å². The summed E-state index contributed by atoms with van der Waals surface area (Å²) in [5.74, 6) is -0.868. The van der Waals surface area contributed by atoms with Crippen LogP contribution in [0.25, 0.3) is 0 Å². The zero-order chi connectivity index (χ0) is 15.5. The highest BCUT2D eigenvalue weighted by Gasteiger charge is 2.36. The summed E-state index contributed by atoms with van der Waals surface area (Å²) in [5, 5.41) is 9.35. The Morgan fingerprint density at radius 3 is 2.52 bits per heavy atom. The van der Waals surface area contributed by atoms with Gasteiger partial charge in [0.1, 0.15) is 5.75 Å². The van der Waals surface area contributed by atoms with Crippen LogP contribution in [0.2, 0.25) is 0 Å². The molecule has 1 saturated heterocycles. The SMILES string of the molecule is COc1ccc(CCC(C(=O)O)C2CCS(=O)(=O)C2)cc1. The molecule has 0 spiro atoms. The van der Waals surface area contributed by atoms with Gasteiger partial charge in [0.2, 0.25) is 0 Å². The smallest absolute Gasteiger partial charge is 0.306 e. The largest absolute Gasteiger partial charge is 0.497 e. The molecule has 1 fully saturated rings. The first-order valence-corrected chi connectivity index (χ1v) is 8.79. The van der Waals surface area contributed by atoms with E-state index in [1.54, 1.807) is 7.11 Å². The fourth-order valence-corrected chi connectivity index (χ4v) is 4.70. The number of ether oxygens (including phenoxy) is 1. The molecule has 0 aromatic heterocycles. The topological polar surface area (TPSA) is 80.7 Å². The molecule has 1 aromatic rings. The molecule has 0 saturated carbocycles. The van der Waals surface area contributed by atoms with Crippen molar-refractivity contribution in [3.8, 4) is 5.75 Å². The number of aryl methyl sites for hydroxylation is 1. The van der Waals surface area contributed by atoms with E-state index >= 15 is 0 Å². The molecule has 5 nitrogen and oxygen atoms in total. The number of carbonyl (C=O) groups is 1. The van der Waals surface area contributed by atoms with E-state index in [4.69, 9.17) is 4.74 Å². The van der Waals surface area contributed by atoms with Crippen LogP contribution in [-0.2, 0) is 21.1 Å². The van der Waals surface area contributed by atoms with E-state index in [0.29, 0.717) is 19.3 Å². The van der Waals surface area contributed by atoms with E-state index in [1.807, 2.05) is 24.3 Å². The van der Waals surface area contributed by atoms with Crippen molar-refractivity contribution < 1.29 is 23.1 Å². The van der Waals surface area contributed by atoms with Gasteiger partial charge >= 0.3 is 5.97 Å². The first-order chi connectivity index (χ1) is 9.91. The highest BCUT2D eigenvalue weighted by atomic mass is 32.2. The second-order valence-electron chi connectivity index (χ2n) is 5.49. The van der Waals surface area contributed by atoms with Gasteiger partial charge in [-0.05, 0) is 42.9 Å². The minimum Gasteiger partial charge on any atom is -0.497 e. The molecule has 0 aliphatic carbocycles. The van der Waals surface area contributed by atoms with Crippen LogP contribution in [0, 0.1) is 11.8 Å². The number of hydrogen-bond donors (Lipinski definition) is 1. The molecule has 1 heterocycles. The number of methoxy groups -OCH3 is 1. The van der Waals surface area contributed by atoms with Crippen molar-refractivity contribution in [3.05, 3.63) is 29.8 Å². The quantitative estimate of drug-likeness (QED) is 0.865. The monoisotopic (exact) mass is 312 g/mol. The average molecular weight is 312 g/mol. The van der Waals surface area contributed by atoms with Crippen LogP contribution in [0.3, 0.4) is 0 Å². The molecule has 1 aromatic carbocycles. The van der Waals surface area contributed by atoms with E-state index in [2.05, 4.69) is 0 Å². The lowest BCUT2D eigenvalue weighted by atomic mass is 9.87. The van der Waals surface area contributed by atoms with Gasteiger partial charge in [0.15, 0.2) is 9.84 Å². The van der Waals surface area contributed by atoms with E-state index in [0.717, 1.165) is 11.3 Å². The summed E-state index contributed by atoms with van der Waals surface area (Å²) in [5.41, 5.74) is 1.03. The number of carboxylic acids is 1. The van der Waals surface area contributed by atoms with Crippen molar-refractivity contribution >= 4 is 15.8 Å². The predicted molar refractivity (Wildman–Crippen MR) is 79.2 cm³/mol. The molecule has 1 aliphatic heterocycles. The number of aliphatic carboxylic acids is 1. The summed E-state index contributed by atoms with van der Waals surface area (Å²) in [6.07, 6.45) is 1.54. The van der Waals surface area contributed by atoms with Gasteiger partial charge in [-0.15, -0.1) is 0 Å². The number of carboxylic acid groups (broad SMARTS) is 1. The van der Waals surface area contributed by atoms with Crippen LogP contribution in [0.1, 0.15) is 18.4 Å². The Hall–Kier alpha value is -1.56. The highest BCUT2D eigenvalue weighted by molar-refractivity contribution is 7.91. The molecule has 21 heavy (non-hydrogen) atoms. The first kappa shape index (κ1) is 15.8. The molecule has 1 N–H and O–H groups in total. The molecule has 0 bridgehead atoms. The van der Waals surface area contributed by atoms with Crippen LogP contribution in [0.5, 0.6) is 5.75 Å². The summed E-state index contributed by atoms with van der Waals surface area (Å²) in [6.45, 7) is 0. The van der Waals surface area contributed by atoms with Crippen molar-refractivity contribution in [2.24, 2.45) is 11.8 Å². The molecular weight excluding hydrogens is 292 g/mol. The van der Waals surface area contributed by atoms with Crippen molar-refractivity contribution in [3.63, 3.8) is 0 Å². The Bertz CT molecular complexity index is 591. The second kappa shape index (κ2) is 6.47. The fraction of sp³-hybridized carbons (Fsp3) is 0.533. The predicted octanol–water partition coefficient (Wildman–Crippen LogP) is 1.76. The van der Waals surface area contributed by atoms with Gasteiger partial charge in [-0.25, -0.2) is 8.42 Å². The maximum atomic E-state index is 11.5. The van der Waals surface area contributed by atoms with Crippen LogP contribution >= 0.6 is 0 Å². The van der Waals surface area contributed by atoms with Gasteiger partial charge in [-0.1, -0.05) is 12.1 Å². The van der Waals surface area contributed by atoms with Gasteiger partial charge in [-0.3, -0.25) is 4.79 Å². The molecule has 1 aliphatic rings. The van der Waals surface area contributed by atoms with Gasteiger partial charge in [0, 0.05) is 0 Å². The van der Waals surface area contributed by atoms with Gasteiger partial charge in [0.05, 0.1) is 24.5 Å². The van der Waals surface area contributed by atoms with Crippen LogP contribution in [0.15, 0.2) is 24.3 Å². The zero-order valence-electron chi connectivity index (χ0n) is 12.0. The lowest BCUT2D eigenvalue weighted by molar-refractivity contribution is -0.143. The summed E-state index contributed by atoms with van der Waals surface area (Å²) in [7, 11) is -1.45. The second-order valence-corrected chi connectivity index (χ2v) is 7.72. The summed E-state index contributed by atoms with van der Waals surface area (Å²) in [6, 6.07) is 7.49. The molecule has 6 heteroatoms. The van der Waals surface area contributed by atoms with Gasteiger partial charge < -0.3 is 9.84 Å². The fourth-order valence-electron chi connectivity index (χ4n) is 2.82. The first-order valence-electron chi connectivity index (χ1n) is 6.97. The normalized spacial score (nSPS) is 21.9. The zero-order valence-corrected chi connectivity index (χ0v) is 12.8. The Kier molecular flexibility index (Phi) is 4.88. The Balaban J connectivity index is 1.98. The Morgan fingerprint density at radius 1 is 1.38 bits per heavy atom. The summed E-state index contributed by atoms with van der Waals surface area (Å²) in [4.78, 5) is 11.4. The third-order valence-electron chi connectivity index (χ3n) is 4.06. The standard InChI is InChI=1S/C15H20O5S/c1-20-13-5-2-11(3-6-13)4-7-14(15(16)17)12-8-9-21(18,19)10-12/h2-3,5-6,12,14H,4,7-10H2,1H3,(H,16,17). The maximum absolute atomic E-state index is 11.5. The number of sulfone groups is 1. The highest BCUT2D eigenvalue weighted by Crippen LogP contribution is 2.29. The summed E-state index contributed by atoms with van der Waals surface area (Å²) >= 11 is 0. The Morgan fingerprint density at radius 2 is 2.05 bits per heavy atom. The van der Waals surface area contributed by atoms with Crippen LogP contribution in [-0.4, -0.2) is 38.1 Å². The number of benzene rings is 1. The number of hydrogen-bond acceptors (Lipinski definition) is 4. The minimum absolute atomic E-state index is 0.00653. The molecule has 116 valence electrons.